The van der Waals surface area contributed by atoms with Gasteiger partial charge in [-0.1, -0.05) is 32.0 Å². The van der Waals surface area contributed by atoms with E-state index < -0.39 is 0 Å². The first kappa shape index (κ1) is 16.0. The van der Waals surface area contributed by atoms with Crippen LogP contribution < -0.4 is 10.6 Å². The van der Waals surface area contributed by atoms with E-state index in [1.807, 2.05) is 0 Å². The van der Waals surface area contributed by atoms with Gasteiger partial charge in [-0.25, -0.2) is 0 Å². The van der Waals surface area contributed by atoms with E-state index in [0.717, 1.165) is 31.5 Å². The minimum atomic E-state index is -0.167. The fourth-order valence-electron chi connectivity index (χ4n) is 3.73. The van der Waals surface area contributed by atoms with Gasteiger partial charge in [-0.15, -0.1) is 0 Å². The second kappa shape index (κ2) is 6.73. The smallest absolute Gasteiger partial charge is 0.243 e. The zero-order valence-corrected chi connectivity index (χ0v) is 14.4. The van der Waals surface area contributed by atoms with Crippen LogP contribution in [0.3, 0.4) is 0 Å². The lowest BCUT2D eigenvalue weighted by atomic mass is 9.90. The van der Waals surface area contributed by atoms with Gasteiger partial charge in [0.2, 0.25) is 5.91 Å². The summed E-state index contributed by atoms with van der Waals surface area (Å²) in [5.74, 6) is 0.568. The maximum atomic E-state index is 12.7. The Morgan fingerprint density at radius 1 is 1.48 bits per heavy atom. The van der Waals surface area contributed by atoms with Crippen LogP contribution in [0.2, 0.25) is 0 Å². The normalized spacial score (nSPS) is 24.4. The number of rotatable bonds is 4. The molecular weight excluding hydrogens is 286 g/mol. The number of nitrogens with zero attached hydrogens (tertiary/aromatic N) is 1. The molecule has 0 aliphatic carbocycles. The van der Waals surface area contributed by atoms with Gasteiger partial charge in [-0.3, -0.25) is 9.79 Å². The maximum absolute atomic E-state index is 12.7. The number of carbonyl (C=O) groups excluding carboxylic acids is 1. The summed E-state index contributed by atoms with van der Waals surface area (Å²) < 4.78 is 0. The Labute approximate surface area is 138 Å². The summed E-state index contributed by atoms with van der Waals surface area (Å²) in [5.41, 5.74) is 4.75. The van der Waals surface area contributed by atoms with Crippen molar-refractivity contribution >= 4 is 17.3 Å². The van der Waals surface area contributed by atoms with E-state index >= 15 is 0 Å². The highest BCUT2D eigenvalue weighted by atomic mass is 16.2. The molecule has 0 saturated heterocycles. The molecule has 1 aromatic carbocycles. The molecule has 3 rings (SSSR count). The summed E-state index contributed by atoms with van der Waals surface area (Å²) in [6, 6.07) is 6.15. The number of carbonyl (C=O) groups is 1. The first-order chi connectivity index (χ1) is 11.1. The third-order valence-corrected chi connectivity index (χ3v) is 5.09. The lowest BCUT2D eigenvalue weighted by Crippen LogP contribution is -2.49. The second-order valence-electron chi connectivity index (χ2n) is 6.83. The molecular formula is C19H27N3O. The molecule has 2 aliphatic rings. The molecule has 124 valence electrons. The van der Waals surface area contributed by atoms with Crippen LogP contribution in [0, 0.1) is 12.8 Å². The Balaban J connectivity index is 1.67. The Bertz CT molecular complexity index is 623. The summed E-state index contributed by atoms with van der Waals surface area (Å²) in [7, 11) is 0. The summed E-state index contributed by atoms with van der Waals surface area (Å²) >= 11 is 0. The Hall–Kier alpha value is -1.84. The van der Waals surface area contributed by atoms with Crippen molar-refractivity contribution in [3.05, 3.63) is 29.3 Å². The average Bonchev–Trinajstić information content (AvgIpc) is 2.99. The van der Waals surface area contributed by atoms with Gasteiger partial charge >= 0.3 is 0 Å². The van der Waals surface area contributed by atoms with Crippen LogP contribution in [0.1, 0.15) is 44.2 Å². The number of benzene rings is 1. The van der Waals surface area contributed by atoms with Crippen LogP contribution in [-0.2, 0) is 11.2 Å². The molecule has 2 aliphatic heterocycles. The van der Waals surface area contributed by atoms with Crippen molar-refractivity contribution in [2.75, 3.05) is 11.9 Å². The molecule has 0 fully saturated rings. The molecule has 2 heterocycles. The number of nitrogens with one attached hydrogen (secondary N) is 2. The SMILES string of the molecule is CCC(NC(=O)C1Cc2cccc(C)c2N1)C1=NCCCC1C. The number of hydrogen-bond donors (Lipinski definition) is 2. The molecule has 4 heteroatoms. The monoisotopic (exact) mass is 313 g/mol. The average molecular weight is 313 g/mol. The lowest BCUT2D eigenvalue weighted by molar-refractivity contribution is -0.122. The standard InChI is InChI=1S/C19H27N3O/c1-4-15(18-13(3)8-6-10-20-18)22-19(23)16-11-14-9-5-7-12(2)17(14)21-16/h5,7,9,13,15-16,21H,4,6,8,10-11H2,1-3H3,(H,22,23). The first-order valence-electron chi connectivity index (χ1n) is 8.79. The molecule has 23 heavy (non-hydrogen) atoms. The zero-order valence-electron chi connectivity index (χ0n) is 14.4. The van der Waals surface area contributed by atoms with Crippen LogP contribution in [0.15, 0.2) is 23.2 Å². The topological polar surface area (TPSA) is 53.5 Å². The number of hydrogen-bond acceptors (Lipinski definition) is 3. The highest BCUT2D eigenvalue weighted by Crippen LogP contribution is 2.29. The number of para-hydroxylation sites is 1. The Morgan fingerprint density at radius 2 is 2.30 bits per heavy atom. The molecule has 1 aromatic rings. The van der Waals surface area contributed by atoms with Crippen molar-refractivity contribution in [1.82, 2.24) is 5.32 Å². The largest absolute Gasteiger partial charge is 0.373 e. The van der Waals surface area contributed by atoms with Gasteiger partial charge in [0.05, 0.1) is 6.04 Å². The van der Waals surface area contributed by atoms with Gasteiger partial charge in [-0.2, -0.15) is 0 Å². The highest BCUT2D eigenvalue weighted by molar-refractivity contribution is 5.97. The van der Waals surface area contributed by atoms with Crippen molar-refractivity contribution in [1.29, 1.82) is 0 Å². The number of amides is 1. The number of anilines is 1. The van der Waals surface area contributed by atoms with Crippen molar-refractivity contribution in [3.63, 3.8) is 0 Å². The van der Waals surface area contributed by atoms with E-state index in [4.69, 9.17) is 4.99 Å². The summed E-state index contributed by atoms with van der Waals surface area (Å²) in [4.78, 5) is 17.4. The third kappa shape index (κ3) is 3.26. The summed E-state index contributed by atoms with van der Waals surface area (Å²) in [6.07, 6.45) is 4.00. The van der Waals surface area contributed by atoms with E-state index in [-0.39, 0.29) is 18.0 Å². The fraction of sp³-hybridized carbons (Fsp3) is 0.579. The molecule has 0 radical (unpaired) electrons. The van der Waals surface area contributed by atoms with Crippen molar-refractivity contribution in [2.24, 2.45) is 10.9 Å². The summed E-state index contributed by atoms with van der Waals surface area (Å²) in [5, 5.41) is 6.63. The van der Waals surface area contributed by atoms with Crippen LogP contribution in [-0.4, -0.2) is 30.2 Å². The molecule has 2 N–H and O–H groups in total. The van der Waals surface area contributed by atoms with E-state index in [2.05, 4.69) is 49.6 Å². The molecule has 3 atom stereocenters. The van der Waals surface area contributed by atoms with Gasteiger partial charge in [-0.05, 0) is 43.2 Å². The molecule has 0 saturated carbocycles. The zero-order chi connectivity index (χ0) is 16.4. The molecule has 4 nitrogen and oxygen atoms in total. The van der Waals surface area contributed by atoms with Crippen molar-refractivity contribution in [2.45, 2.75) is 58.5 Å². The van der Waals surface area contributed by atoms with Crippen molar-refractivity contribution in [3.8, 4) is 0 Å². The Kier molecular flexibility index (Phi) is 4.69. The number of fused-ring (bicyclic) bond motifs is 1. The number of aryl methyl sites for hydroxylation is 1. The van der Waals surface area contributed by atoms with Gasteiger partial charge in [0.25, 0.3) is 0 Å². The van der Waals surface area contributed by atoms with Crippen LogP contribution >= 0.6 is 0 Å². The van der Waals surface area contributed by atoms with Crippen LogP contribution in [0.5, 0.6) is 0 Å². The molecule has 0 spiro atoms. The molecule has 0 aromatic heterocycles. The van der Waals surface area contributed by atoms with Crippen LogP contribution in [0.4, 0.5) is 5.69 Å². The predicted molar refractivity (Wildman–Crippen MR) is 95.2 cm³/mol. The van der Waals surface area contributed by atoms with E-state index in [1.165, 1.54) is 23.3 Å². The van der Waals surface area contributed by atoms with Gasteiger partial charge in [0, 0.05) is 24.4 Å². The van der Waals surface area contributed by atoms with E-state index in [9.17, 15) is 4.79 Å². The van der Waals surface area contributed by atoms with Gasteiger partial charge in [0.15, 0.2) is 0 Å². The maximum Gasteiger partial charge on any atom is 0.243 e. The summed E-state index contributed by atoms with van der Waals surface area (Å²) in [6.45, 7) is 7.33. The van der Waals surface area contributed by atoms with Gasteiger partial charge in [0.1, 0.15) is 6.04 Å². The predicted octanol–water partition coefficient (Wildman–Crippen LogP) is 3.10. The second-order valence-corrected chi connectivity index (χ2v) is 6.83. The van der Waals surface area contributed by atoms with Crippen LogP contribution in [0.25, 0.3) is 0 Å². The first-order valence-corrected chi connectivity index (χ1v) is 8.79. The van der Waals surface area contributed by atoms with Gasteiger partial charge < -0.3 is 10.6 Å². The quantitative estimate of drug-likeness (QED) is 0.897. The lowest BCUT2D eigenvalue weighted by Gasteiger charge is -2.28. The fourth-order valence-corrected chi connectivity index (χ4v) is 3.73. The molecule has 1 amide bonds. The van der Waals surface area contributed by atoms with Crippen molar-refractivity contribution < 1.29 is 4.79 Å². The molecule has 0 bridgehead atoms. The minimum Gasteiger partial charge on any atom is -0.373 e. The third-order valence-electron chi connectivity index (χ3n) is 5.09. The van der Waals surface area contributed by atoms with E-state index in [1.54, 1.807) is 0 Å². The molecule has 3 unspecified atom stereocenters. The Morgan fingerprint density at radius 3 is 3.00 bits per heavy atom. The minimum absolute atomic E-state index is 0.0735. The number of aliphatic imine (C=N–C) groups is 1. The van der Waals surface area contributed by atoms with E-state index in [0.29, 0.717) is 5.92 Å². The highest BCUT2D eigenvalue weighted by Gasteiger charge is 2.30.